The molecule has 6 saturated carbocycles. The molecule has 0 heterocycles. The van der Waals surface area contributed by atoms with Crippen LogP contribution in [0.3, 0.4) is 0 Å². The lowest BCUT2D eigenvalue weighted by atomic mass is 9.45. The third-order valence-corrected chi connectivity index (χ3v) is 8.61. The molecule has 80 valence electrons. The summed E-state index contributed by atoms with van der Waals surface area (Å²) in [6.07, 6.45) is 9.78. The van der Waals surface area contributed by atoms with Crippen molar-refractivity contribution >= 4 is 0 Å². The van der Waals surface area contributed by atoms with Gasteiger partial charge in [-0.05, 0) is 84.4 Å². The Bertz CT molecular complexity index is 412. The largest absolute Gasteiger partial charge is 0.0648 e. The lowest BCUT2D eigenvalue weighted by Crippen LogP contribution is -2.54. The molecule has 0 aromatic carbocycles. The Balaban J connectivity index is 1.60. The molecule has 6 rings (SSSR count). The quantitative estimate of drug-likeness (QED) is 0.608. The molecule has 0 aromatic heterocycles. The first-order chi connectivity index (χ1) is 7.33. The first-order valence-corrected chi connectivity index (χ1v) is 7.33. The van der Waals surface area contributed by atoms with Gasteiger partial charge in [-0.25, -0.2) is 0 Å². The van der Waals surface area contributed by atoms with Crippen molar-refractivity contribution < 1.29 is 0 Å². The van der Waals surface area contributed by atoms with Crippen molar-refractivity contribution in [3.8, 4) is 0 Å². The highest BCUT2D eigenvalue weighted by atomic mass is 15.1. The van der Waals surface area contributed by atoms with Gasteiger partial charge in [0.2, 0.25) is 0 Å². The van der Waals surface area contributed by atoms with Gasteiger partial charge in [0, 0.05) is 0 Å². The number of fused-ring (bicyclic) bond motifs is 3. The van der Waals surface area contributed by atoms with Crippen LogP contribution >= 0.6 is 0 Å². The SMILES string of the molecule is CCC12CC3CCC3C13C2C1CC2CC213. The van der Waals surface area contributed by atoms with Gasteiger partial charge in [0.05, 0.1) is 0 Å². The number of hydrogen-bond acceptors (Lipinski definition) is 0. The van der Waals surface area contributed by atoms with Crippen LogP contribution in [0.4, 0.5) is 0 Å². The second-order valence-electron chi connectivity index (χ2n) is 7.79. The van der Waals surface area contributed by atoms with E-state index in [0.717, 1.165) is 16.2 Å². The van der Waals surface area contributed by atoms with Crippen molar-refractivity contribution in [1.82, 2.24) is 0 Å². The number of rotatable bonds is 1. The molecule has 6 fully saturated rings. The maximum Gasteiger partial charge on any atom is -0.0108 e. The van der Waals surface area contributed by atoms with Crippen molar-refractivity contribution in [2.75, 3.05) is 0 Å². The van der Waals surface area contributed by atoms with E-state index in [9.17, 15) is 0 Å². The van der Waals surface area contributed by atoms with Gasteiger partial charge < -0.3 is 0 Å². The highest BCUT2D eigenvalue weighted by molar-refractivity contribution is 5.52. The highest BCUT2D eigenvalue weighted by Crippen LogP contribution is 3.10. The molecule has 0 bridgehead atoms. The lowest BCUT2D eigenvalue weighted by molar-refractivity contribution is -0.121. The summed E-state index contributed by atoms with van der Waals surface area (Å²) < 4.78 is 0. The van der Waals surface area contributed by atoms with Crippen LogP contribution in [0.5, 0.6) is 0 Å². The predicted molar refractivity (Wildman–Crippen MR) is 58.1 cm³/mol. The Morgan fingerprint density at radius 2 is 2.07 bits per heavy atom. The van der Waals surface area contributed by atoms with Crippen LogP contribution in [-0.2, 0) is 0 Å². The molecule has 0 heteroatoms. The van der Waals surface area contributed by atoms with Crippen molar-refractivity contribution in [3.63, 3.8) is 0 Å². The molecule has 8 atom stereocenters. The van der Waals surface area contributed by atoms with Gasteiger partial charge in [-0.1, -0.05) is 6.92 Å². The van der Waals surface area contributed by atoms with Gasteiger partial charge in [0.25, 0.3) is 0 Å². The van der Waals surface area contributed by atoms with Gasteiger partial charge in [0.1, 0.15) is 0 Å². The molecular weight excluding hydrogens is 180 g/mol. The van der Waals surface area contributed by atoms with Crippen LogP contribution in [-0.4, -0.2) is 0 Å². The fourth-order valence-electron chi connectivity index (χ4n) is 8.49. The van der Waals surface area contributed by atoms with Gasteiger partial charge >= 0.3 is 0 Å². The summed E-state index contributed by atoms with van der Waals surface area (Å²) in [5, 5.41) is 0. The van der Waals surface area contributed by atoms with Crippen LogP contribution in [0.1, 0.15) is 45.4 Å². The monoisotopic (exact) mass is 200 g/mol. The summed E-state index contributed by atoms with van der Waals surface area (Å²) >= 11 is 0. The van der Waals surface area contributed by atoms with Crippen LogP contribution < -0.4 is 0 Å². The predicted octanol–water partition coefficient (Wildman–Crippen LogP) is 3.47. The minimum Gasteiger partial charge on any atom is -0.0648 e. The molecule has 0 saturated heterocycles. The van der Waals surface area contributed by atoms with Gasteiger partial charge in [-0.2, -0.15) is 0 Å². The summed E-state index contributed by atoms with van der Waals surface area (Å²) in [6, 6.07) is 0. The fourth-order valence-corrected chi connectivity index (χ4v) is 8.49. The Labute approximate surface area is 91.8 Å². The molecule has 15 heavy (non-hydrogen) atoms. The average Bonchev–Trinajstić information content (AvgIpc) is 2.96. The van der Waals surface area contributed by atoms with E-state index in [1.54, 1.807) is 32.1 Å². The van der Waals surface area contributed by atoms with Crippen molar-refractivity contribution in [2.24, 2.45) is 45.8 Å². The van der Waals surface area contributed by atoms with Gasteiger partial charge in [0.15, 0.2) is 0 Å². The van der Waals surface area contributed by atoms with E-state index >= 15 is 0 Å². The Morgan fingerprint density at radius 3 is 2.67 bits per heavy atom. The van der Waals surface area contributed by atoms with Gasteiger partial charge in [-0.3, -0.25) is 0 Å². The topological polar surface area (TPSA) is 0 Å². The molecule has 6 aliphatic carbocycles. The molecule has 0 aromatic rings. The molecule has 0 radical (unpaired) electrons. The summed E-state index contributed by atoms with van der Waals surface area (Å²) in [4.78, 5) is 0. The van der Waals surface area contributed by atoms with Crippen LogP contribution in [0.2, 0.25) is 0 Å². The maximum absolute atomic E-state index is 2.51. The second-order valence-corrected chi connectivity index (χ2v) is 7.79. The zero-order valence-corrected chi connectivity index (χ0v) is 9.63. The van der Waals surface area contributed by atoms with Crippen molar-refractivity contribution in [1.29, 1.82) is 0 Å². The first kappa shape index (κ1) is 7.35. The Kier molecular flexibility index (Phi) is 0.762. The number of hydrogen-bond donors (Lipinski definition) is 0. The summed E-state index contributed by atoms with van der Waals surface area (Å²) in [5.41, 5.74) is 2.92. The summed E-state index contributed by atoms with van der Waals surface area (Å²) in [7, 11) is 0. The Hall–Kier alpha value is 0. The molecule has 2 spiro atoms. The van der Waals surface area contributed by atoms with Crippen LogP contribution in [0, 0.1) is 45.8 Å². The maximum atomic E-state index is 2.51. The van der Waals surface area contributed by atoms with Crippen LogP contribution in [0.15, 0.2) is 0 Å². The van der Waals surface area contributed by atoms with E-state index < -0.39 is 0 Å². The molecule has 8 unspecified atom stereocenters. The fraction of sp³-hybridized carbons (Fsp3) is 1.00. The lowest BCUT2D eigenvalue weighted by Gasteiger charge is -2.59. The zero-order valence-electron chi connectivity index (χ0n) is 9.63. The average molecular weight is 200 g/mol. The third kappa shape index (κ3) is 0.368. The van der Waals surface area contributed by atoms with E-state index in [4.69, 9.17) is 0 Å². The standard InChI is InChI=1S/C15H20/c1-2-13-6-8-3-4-10(8)15(13)12(13)11-5-9-7-14(9,11)15/h8-12H,2-7H2,1H3. The smallest absolute Gasteiger partial charge is 0.0108 e. The minimum atomic E-state index is 0.925. The van der Waals surface area contributed by atoms with E-state index in [1.807, 2.05) is 0 Å². The molecule has 0 amide bonds. The normalized spacial score (nSPS) is 83.4. The van der Waals surface area contributed by atoms with Crippen LogP contribution in [0.25, 0.3) is 0 Å². The highest BCUT2D eigenvalue weighted by Gasteiger charge is 3.05. The molecule has 0 aliphatic heterocycles. The first-order valence-electron chi connectivity index (χ1n) is 7.33. The summed E-state index contributed by atoms with van der Waals surface area (Å²) in [6.45, 7) is 2.51. The minimum absolute atomic E-state index is 0.925. The van der Waals surface area contributed by atoms with Crippen molar-refractivity contribution in [2.45, 2.75) is 45.4 Å². The summed E-state index contributed by atoms with van der Waals surface area (Å²) in [5.74, 6) is 6.20. The second kappa shape index (κ2) is 1.56. The molecule has 6 aliphatic rings. The van der Waals surface area contributed by atoms with E-state index in [-0.39, 0.29) is 0 Å². The molecular formula is C15H20. The Morgan fingerprint density at radius 1 is 1.13 bits per heavy atom. The van der Waals surface area contributed by atoms with Crippen molar-refractivity contribution in [3.05, 3.63) is 0 Å². The van der Waals surface area contributed by atoms with E-state index in [2.05, 4.69) is 6.92 Å². The van der Waals surface area contributed by atoms with E-state index in [0.29, 0.717) is 0 Å². The zero-order chi connectivity index (χ0) is 9.63. The van der Waals surface area contributed by atoms with E-state index in [1.165, 1.54) is 36.0 Å². The molecule has 0 nitrogen and oxygen atoms in total. The van der Waals surface area contributed by atoms with Gasteiger partial charge in [-0.15, -0.1) is 0 Å². The third-order valence-electron chi connectivity index (χ3n) is 8.61. The molecule has 0 N–H and O–H groups in total.